The van der Waals surface area contributed by atoms with E-state index in [2.05, 4.69) is 41.2 Å². The first-order valence-electron chi connectivity index (χ1n) is 6.79. The molecule has 0 fully saturated rings. The van der Waals surface area contributed by atoms with Gasteiger partial charge in [-0.1, -0.05) is 26.0 Å². The van der Waals surface area contributed by atoms with E-state index in [0.717, 1.165) is 28.9 Å². The number of para-hydroxylation sites is 1. The Kier molecular flexibility index (Phi) is 7.42. The van der Waals surface area contributed by atoms with Crippen LogP contribution in [0.4, 0.5) is 0 Å². The highest BCUT2D eigenvalue weighted by Gasteiger charge is 2.08. The fourth-order valence-corrected chi connectivity index (χ4v) is 2.20. The van der Waals surface area contributed by atoms with Crippen LogP contribution in [0.3, 0.4) is 0 Å². The first-order valence-corrected chi connectivity index (χ1v) is 7.59. The van der Waals surface area contributed by atoms with E-state index in [4.69, 9.17) is 4.74 Å². The quantitative estimate of drug-likeness (QED) is 0.768. The molecule has 0 aliphatic rings. The Morgan fingerprint density at radius 3 is 2.68 bits per heavy atom. The van der Waals surface area contributed by atoms with E-state index >= 15 is 0 Å². The van der Waals surface area contributed by atoms with E-state index in [9.17, 15) is 5.11 Å². The fraction of sp³-hybridized carbons (Fsp3) is 0.600. The van der Waals surface area contributed by atoms with Gasteiger partial charge in [-0.2, -0.15) is 0 Å². The lowest BCUT2D eigenvalue weighted by molar-refractivity contribution is 0.155. The zero-order valence-corrected chi connectivity index (χ0v) is 13.5. The molecule has 1 aromatic rings. The predicted molar refractivity (Wildman–Crippen MR) is 82.5 cm³/mol. The van der Waals surface area contributed by atoms with Crippen LogP contribution in [0.5, 0.6) is 5.75 Å². The van der Waals surface area contributed by atoms with E-state index in [1.807, 2.05) is 12.1 Å². The molecule has 0 saturated heterocycles. The van der Waals surface area contributed by atoms with Crippen LogP contribution in [0, 0.1) is 5.92 Å². The van der Waals surface area contributed by atoms with Crippen molar-refractivity contribution >= 4 is 15.9 Å². The number of nitrogens with one attached hydrogen (secondary N) is 1. The topological polar surface area (TPSA) is 41.5 Å². The Balaban J connectivity index is 2.61. The first kappa shape index (κ1) is 16.5. The van der Waals surface area contributed by atoms with E-state index in [-0.39, 0.29) is 6.10 Å². The summed E-state index contributed by atoms with van der Waals surface area (Å²) in [6.45, 7) is 8.45. The summed E-state index contributed by atoms with van der Waals surface area (Å²) >= 11 is 3.52. The highest BCUT2D eigenvalue weighted by molar-refractivity contribution is 9.10. The number of rotatable bonds is 8. The minimum atomic E-state index is -0.329. The highest BCUT2D eigenvalue weighted by atomic mass is 79.9. The Morgan fingerprint density at radius 1 is 1.32 bits per heavy atom. The number of aliphatic hydroxyl groups excluding tert-OH is 1. The van der Waals surface area contributed by atoms with Crippen molar-refractivity contribution in [3.8, 4) is 5.75 Å². The summed E-state index contributed by atoms with van der Waals surface area (Å²) in [4.78, 5) is 0. The molecule has 2 N–H and O–H groups in total. The molecule has 0 spiro atoms. The van der Waals surface area contributed by atoms with Gasteiger partial charge in [-0.3, -0.25) is 0 Å². The second kappa shape index (κ2) is 8.56. The number of ether oxygens (including phenoxy) is 1. The molecule has 19 heavy (non-hydrogen) atoms. The third-order valence-electron chi connectivity index (χ3n) is 2.70. The second-order valence-corrected chi connectivity index (χ2v) is 6.09. The number of hydrogen-bond acceptors (Lipinski definition) is 3. The van der Waals surface area contributed by atoms with Gasteiger partial charge in [0, 0.05) is 18.5 Å². The van der Waals surface area contributed by atoms with Gasteiger partial charge < -0.3 is 15.2 Å². The van der Waals surface area contributed by atoms with Gasteiger partial charge in [0.25, 0.3) is 0 Å². The van der Waals surface area contributed by atoms with Gasteiger partial charge in [-0.05, 0) is 41.4 Å². The minimum absolute atomic E-state index is 0.329. The van der Waals surface area contributed by atoms with Crippen molar-refractivity contribution in [1.82, 2.24) is 5.32 Å². The van der Waals surface area contributed by atoms with Gasteiger partial charge in [0.05, 0.1) is 17.2 Å². The summed E-state index contributed by atoms with van der Waals surface area (Å²) in [6, 6.07) is 6.05. The van der Waals surface area contributed by atoms with E-state index in [0.29, 0.717) is 18.9 Å². The molecule has 0 radical (unpaired) electrons. The van der Waals surface area contributed by atoms with Crippen LogP contribution in [0.2, 0.25) is 0 Å². The van der Waals surface area contributed by atoms with Crippen LogP contribution in [0.25, 0.3) is 0 Å². The number of aliphatic hydroxyl groups is 1. The summed E-state index contributed by atoms with van der Waals surface area (Å²) in [5.41, 5.74) is 1.14. The molecule has 0 bridgehead atoms. The molecule has 1 aromatic carbocycles. The van der Waals surface area contributed by atoms with Crippen molar-refractivity contribution in [2.75, 3.05) is 13.2 Å². The predicted octanol–water partition coefficient (Wildman–Crippen LogP) is 3.34. The monoisotopic (exact) mass is 329 g/mol. The Labute approximate surface area is 124 Å². The van der Waals surface area contributed by atoms with Gasteiger partial charge >= 0.3 is 0 Å². The lowest BCUT2D eigenvalue weighted by atomic mass is 10.2. The van der Waals surface area contributed by atoms with Crippen LogP contribution in [0.1, 0.15) is 32.8 Å². The maximum absolute atomic E-state index is 9.27. The highest BCUT2D eigenvalue weighted by Crippen LogP contribution is 2.29. The molecule has 0 heterocycles. The number of hydrogen-bond donors (Lipinski definition) is 2. The van der Waals surface area contributed by atoms with Gasteiger partial charge in [-0.15, -0.1) is 0 Å². The molecule has 0 aliphatic heterocycles. The van der Waals surface area contributed by atoms with E-state index in [1.54, 1.807) is 6.92 Å². The van der Waals surface area contributed by atoms with Crippen LogP contribution in [0.15, 0.2) is 22.7 Å². The average Bonchev–Trinajstić information content (AvgIpc) is 2.31. The zero-order chi connectivity index (χ0) is 14.3. The molecule has 4 heteroatoms. The van der Waals surface area contributed by atoms with Crippen LogP contribution < -0.4 is 10.1 Å². The third-order valence-corrected chi connectivity index (χ3v) is 3.32. The molecule has 3 nitrogen and oxygen atoms in total. The maximum atomic E-state index is 9.27. The summed E-state index contributed by atoms with van der Waals surface area (Å²) < 4.78 is 6.75. The summed E-state index contributed by atoms with van der Waals surface area (Å²) in [5.74, 6) is 1.51. The molecule has 0 aromatic heterocycles. The molecule has 1 atom stereocenters. The van der Waals surface area contributed by atoms with Gasteiger partial charge in [0.1, 0.15) is 5.75 Å². The summed E-state index contributed by atoms with van der Waals surface area (Å²) in [5, 5.41) is 12.7. The van der Waals surface area contributed by atoms with E-state index in [1.165, 1.54) is 0 Å². The standard InChI is InChI=1S/C15H24BrNO2/c1-11(2)9-17-10-13-5-4-6-14(16)15(13)19-8-7-12(3)18/h4-6,11-12,17-18H,7-10H2,1-3H3. The van der Waals surface area contributed by atoms with Crippen molar-refractivity contribution in [3.05, 3.63) is 28.2 Å². The van der Waals surface area contributed by atoms with Crippen LogP contribution in [-0.4, -0.2) is 24.4 Å². The number of halogens is 1. The van der Waals surface area contributed by atoms with Gasteiger partial charge in [0.2, 0.25) is 0 Å². The normalized spacial score (nSPS) is 12.7. The first-order chi connectivity index (χ1) is 9.00. The average molecular weight is 330 g/mol. The maximum Gasteiger partial charge on any atom is 0.137 e. The van der Waals surface area contributed by atoms with Gasteiger partial charge in [0.15, 0.2) is 0 Å². The zero-order valence-electron chi connectivity index (χ0n) is 11.9. The molecule has 0 saturated carbocycles. The lowest BCUT2D eigenvalue weighted by Gasteiger charge is -2.15. The molecule has 1 unspecified atom stereocenters. The minimum Gasteiger partial charge on any atom is -0.492 e. The van der Waals surface area contributed by atoms with Crippen molar-refractivity contribution in [1.29, 1.82) is 0 Å². The van der Waals surface area contributed by atoms with Gasteiger partial charge in [-0.25, -0.2) is 0 Å². The number of benzene rings is 1. The molecule has 108 valence electrons. The van der Waals surface area contributed by atoms with Crippen LogP contribution >= 0.6 is 15.9 Å². The molecule has 0 aliphatic carbocycles. The largest absolute Gasteiger partial charge is 0.492 e. The summed E-state index contributed by atoms with van der Waals surface area (Å²) in [7, 11) is 0. The van der Waals surface area contributed by atoms with E-state index < -0.39 is 0 Å². The lowest BCUT2D eigenvalue weighted by Crippen LogP contribution is -2.19. The molecule has 0 amide bonds. The molecular formula is C15H24BrNO2. The Morgan fingerprint density at radius 2 is 2.05 bits per heavy atom. The third kappa shape index (κ3) is 6.41. The van der Waals surface area contributed by atoms with Crippen molar-refractivity contribution in [2.45, 2.75) is 39.8 Å². The van der Waals surface area contributed by atoms with Crippen molar-refractivity contribution in [2.24, 2.45) is 5.92 Å². The summed E-state index contributed by atoms with van der Waals surface area (Å²) in [6.07, 6.45) is 0.310. The van der Waals surface area contributed by atoms with Crippen molar-refractivity contribution < 1.29 is 9.84 Å². The molecular weight excluding hydrogens is 306 g/mol. The smallest absolute Gasteiger partial charge is 0.137 e. The van der Waals surface area contributed by atoms with Crippen LogP contribution in [-0.2, 0) is 6.54 Å². The fourth-order valence-electron chi connectivity index (χ4n) is 1.68. The SMILES string of the molecule is CC(C)CNCc1cccc(Br)c1OCCC(C)O. The Bertz CT molecular complexity index is 380. The molecule has 1 rings (SSSR count). The Hall–Kier alpha value is -0.580. The van der Waals surface area contributed by atoms with Crippen molar-refractivity contribution in [3.63, 3.8) is 0 Å². The second-order valence-electron chi connectivity index (χ2n) is 5.24.